The summed E-state index contributed by atoms with van der Waals surface area (Å²) >= 11 is 0. The van der Waals surface area contributed by atoms with Gasteiger partial charge < -0.3 is 10.1 Å². The topological polar surface area (TPSA) is 52.0 Å². The van der Waals surface area contributed by atoms with Crippen LogP contribution in [0.25, 0.3) is 5.69 Å². The molecule has 5 nitrogen and oxygen atoms in total. The SMILES string of the molecule is CCCC1CC(Nc2ccccc2-n2cncn2)CCO1. The molecule has 2 aromatic rings. The van der Waals surface area contributed by atoms with Crippen molar-refractivity contribution in [1.82, 2.24) is 14.8 Å². The summed E-state index contributed by atoms with van der Waals surface area (Å²) in [5, 5.41) is 7.88. The fourth-order valence-corrected chi connectivity index (χ4v) is 2.88. The molecular formula is C16H22N4O. The zero-order valence-electron chi connectivity index (χ0n) is 12.4. The normalized spacial score (nSPS) is 22.1. The van der Waals surface area contributed by atoms with Crippen molar-refractivity contribution < 1.29 is 4.74 Å². The molecule has 1 N–H and O–H groups in total. The lowest BCUT2D eigenvalue weighted by Crippen LogP contribution is -2.34. The molecule has 0 bridgehead atoms. The number of anilines is 1. The van der Waals surface area contributed by atoms with Gasteiger partial charge in [-0.1, -0.05) is 25.5 Å². The van der Waals surface area contributed by atoms with E-state index in [9.17, 15) is 0 Å². The van der Waals surface area contributed by atoms with Crippen LogP contribution in [0.15, 0.2) is 36.9 Å². The second-order valence-electron chi connectivity index (χ2n) is 5.50. The molecule has 2 atom stereocenters. The van der Waals surface area contributed by atoms with Gasteiger partial charge in [0.1, 0.15) is 12.7 Å². The summed E-state index contributed by atoms with van der Waals surface area (Å²) in [7, 11) is 0. The molecule has 21 heavy (non-hydrogen) atoms. The highest BCUT2D eigenvalue weighted by molar-refractivity contribution is 5.60. The molecule has 0 spiro atoms. The zero-order valence-corrected chi connectivity index (χ0v) is 12.4. The van der Waals surface area contributed by atoms with E-state index in [1.54, 1.807) is 17.3 Å². The van der Waals surface area contributed by atoms with E-state index in [1.807, 2.05) is 12.1 Å². The molecule has 2 unspecified atom stereocenters. The van der Waals surface area contributed by atoms with Crippen LogP contribution in [-0.4, -0.2) is 33.5 Å². The molecule has 0 saturated carbocycles. The van der Waals surface area contributed by atoms with E-state index in [1.165, 1.54) is 6.42 Å². The fourth-order valence-electron chi connectivity index (χ4n) is 2.88. The van der Waals surface area contributed by atoms with Crippen LogP contribution in [0, 0.1) is 0 Å². The first kappa shape index (κ1) is 14.1. The van der Waals surface area contributed by atoms with Gasteiger partial charge in [0.15, 0.2) is 0 Å². The zero-order chi connectivity index (χ0) is 14.5. The second-order valence-corrected chi connectivity index (χ2v) is 5.50. The minimum atomic E-state index is 0.389. The molecule has 0 aliphatic carbocycles. The van der Waals surface area contributed by atoms with Gasteiger partial charge in [-0.15, -0.1) is 0 Å². The molecule has 112 valence electrons. The molecule has 0 amide bonds. The number of nitrogens with one attached hydrogen (secondary N) is 1. The average Bonchev–Trinajstić information content (AvgIpc) is 3.03. The van der Waals surface area contributed by atoms with Gasteiger partial charge in [-0.2, -0.15) is 5.10 Å². The van der Waals surface area contributed by atoms with Gasteiger partial charge in [-0.05, 0) is 31.4 Å². The van der Waals surface area contributed by atoms with Gasteiger partial charge in [0.25, 0.3) is 0 Å². The molecular weight excluding hydrogens is 264 g/mol. The number of benzene rings is 1. The molecule has 0 radical (unpaired) electrons. The van der Waals surface area contributed by atoms with Gasteiger partial charge in [0.05, 0.1) is 17.5 Å². The third-order valence-corrected chi connectivity index (χ3v) is 3.91. The maximum Gasteiger partial charge on any atom is 0.138 e. The molecule has 5 heteroatoms. The molecule has 1 fully saturated rings. The Morgan fingerprint density at radius 2 is 2.29 bits per heavy atom. The number of hydrogen-bond donors (Lipinski definition) is 1. The highest BCUT2D eigenvalue weighted by atomic mass is 16.5. The third-order valence-electron chi connectivity index (χ3n) is 3.91. The Balaban J connectivity index is 1.73. The van der Waals surface area contributed by atoms with Crippen molar-refractivity contribution in [2.45, 2.75) is 44.8 Å². The van der Waals surface area contributed by atoms with Crippen LogP contribution in [0.1, 0.15) is 32.6 Å². The van der Waals surface area contributed by atoms with E-state index in [4.69, 9.17) is 4.74 Å². The first-order chi connectivity index (χ1) is 10.4. The Morgan fingerprint density at radius 3 is 3.10 bits per heavy atom. The van der Waals surface area contributed by atoms with Crippen molar-refractivity contribution in [2.24, 2.45) is 0 Å². The Morgan fingerprint density at radius 1 is 1.38 bits per heavy atom. The number of nitrogens with zero attached hydrogens (tertiary/aromatic N) is 3. The fraction of sp³-hybridized carbons (Fsp3) is 0.500. The largest absolute Gasteiger partial charge is 0.380 e. The van der Waals surface area contributed by atoms with Gasteiger partial charge in [0.2, 0.25) is 0 Å². The molecule has 1 aromatic heterocycles. The van der Waals surface area contributed by atoms with Crippen LogP contribution >= 0.6 is 0 Å². The minimum Gasteiger partial charge on any atom is -0.380 e. The first-order valence-electron chi connectivity index (χ1n) is 7.69. The Kier molecular flexibility index (Phi) is 4.50. The van der Waals surface area contributed by atoms with E-state index in [2.05, 4.69) is 34.5 Å². The van der Waals surface area contributed by atoms with E-state index in [0.717, 1.165) is 37.2 Å². The Hall–Kier alpha value is -1.88. The van der Waals surface area contributed by atoms with Gasteiger partial charge >= 0.3 is 0 Å². The van der Waals surface area contributed by atoms with Crippen LogP contribution in [0.5, 0.6) is 0 Å². The van der Waals surface area contributed by atoms with E-state index in [-0.39, 0.29) is 0 Å². The highest BCUT2D eigenvalue weighted by Gasteiger charge is 2.22. The van der Waals surface area contributed by atoms with Crippen LogP contribution in [-0.2, 0) is 4.74 Å². The summed E-state index contributed by atoms with van der Waals surface area (Å²) in [6, 6.07) is 8.68. The maximum absolute atomic E-state index is 5.82. The number of ether oxygens (including phenoxy) is 1. The van der Waals surface area contributed by atoms with Crippen LogP contribution in [0.3, 0.4) is 0 Å². The van der Waals surface area contributed by atoms with Gasteiger partial charge in [0, 0.05) is 12.6 Å². The minimum absolute atomic E-state index is 0.389. The number of para-hydroxylation sites is 2. The van der Waals surface area contributed by atoms with Gasteiger partial charge in [-0.3, -0.25) is 0 Å². The van der Waals surface area contributed by atoms with Crippen molar-refractivity contribution in [3.63, 3.8) is 0 Å². The first-order valence-corrected chi connectivity index (χ1v) is 7.69. The predicted molar refractivity (Wildman–Crippen MR) is 82.7 cm³/mol. The number of rotatable bonds is 5. The van der Waals surface area contributed by atoms with Crippen LogP contribution < -0.4 is 5.32 Å². The van der Waals surface area contributed by atoms with Crippen LogP contribution in [0.2, 0.25) is 0 Å². The summed E-state index contributed by atoms with van der Waals surface area (Å²) in [5.74, 6) is 0. The quantitative estimate of drug-likeness (QED) is 0.918. The van der Waals surface area contributed by atoms with Crippen molar-refractivity contribution >= 4 is 5.69 Å². The predicted octanol–water partition coefficient (Wildman–Crippen LogP) is 3.03. The summed E-state index contributed by atoms with van der Waals surface area (Å²) in [4.78, 5) is 4.03. The highest BCUT2D eigenvalue weighted by Crippen LogP contribution is 2.25. The summed E-state index contributed by atoms with van der Waals surface area (Å²) < 4.78 is 7.62. The van der Waals surface area contributed by atoms with E-state index < -0.39 is 0 Å². The number of hydrogen-bond acceptors (Lipinski definition) is 4. The second kappa shape index (κ2) is 6.72. The van der Waals surface area contributed by atoms with E-state index in [0.29, 0.717) is 12.1 Å². The Bertz CT molecular complexity index is 553. The van der Waals surface area contributed by atoms with Crippen molar-refractivity contribution in [2.75, 3.05) is 11.9 Å². The summed E-state index contributed by atoms with van der Waals surface area (Å²) in [5.41, 5.74) is 2.14. The third kappa shape index (κ3) is 3.42. The molecule has 1 aliphatic heterocycles. The van der Waals surface area contributed by atoms with Crippen molar-refractivity contribution in [3.8, 4) is 5.69 Å². The summed E-state index contributed by atoms with van der Waals surface area (Å²) in [6.45, 7) is 3.05. The molecule has 1 aliphatic rings. The van der Waals surface area contributed by atoms with E-state index >= 15 is 0 Å². The average molecular weight is 286 g/mol. The van der Waals surface area contributed by atoms with Gasteiger partial charge in [-0.25, -0.2) is 9.67 Å². The van der Waals surface area contributed by atoms with Crippen LogP contribution in [0.4, 0.5) is 5.69 Å². The standard InChI is InChI=1S/C16H22N4O/c1-2-5-14-10-13(8-9-21-14)19-15-6-3-4-7-16(15)20-12-17-11-18-20/h3-4,6-7,11-14,19H,2,5,8-10H2,1H3. The molecule has 1 aromatic carbocycles. The smallest absolute Gasteiger partial charge is 0.138 e. The lowest BCUT2D eigenvalue weighted by molar-refractivity contribution is 0.00598. The monoisotopic (exact) mass is 286 g/mol. The lowest BCUT2D eigenvalue weighted by atomic mass is 9.99. The van der Waals surface area contributed by atoms with Crippen molar-refractivity contribution in [1.29, 1.82) is 0 Å². The molecule has 2 heterocycles. The molecule has 1 saturated heterocycles. The number of aromatic nitrogens is 3. The maximum atomic E-state index is 5.82. The van der Waals surface area contributed by atoms with Crippen molar-refractivity contribution in [3.05, 3.63) is 36.9 Å². The molecule has 3 rings (SSSR count). The Labute approximate surface area is 125 Å². The lowest BCUT2D eigenvalue weighted by Gasteiger charge is -2.31. The summed E-state index contributed by atoms with van der Waals surface area (Å²) in [6.07, 6.45) is 8.11.